The zero-order valence-electron chi connectivity index (χ0n) is 5.29. The van der Waals surface area contributed by atoms with Crippen molar-refractivity contribution >= 4 is 34.8 Å². The van der Waals surface area contributed by atoms with Crippen LogP contribution in [-0.2, 0) is 0 Å². The van der Waals surface area contributed by atoms with Crippen LogP contribution >= 0.6 is 34.8 Å². The average molecular weight is 204 g/mol. The summed E-state index contributed by atoms with van der Waals surface area (Å²) in [6.07, 6.45) is 6.84. The van der Waals surface area contributed by atoms with Crippen molar-refractivity contribution in [3.63, 3.8) is 0 Å². The van der Waals surface area contributed by atoms with Crippen LogP contribution in [0.15, 0.2) is 12.1 Å². The average Bonchev–Trinajstić information content (AvgIpc) is 1.99. The Hall–Kier alpha value is -0.350. The molecule has 1 radical (unpaired) electrons. The zero-order chi connectivity index (χ0) is 8.43. The molecule has 3 heteroatoms. The van der Waals surface area contributed by atoms with Crippen LogP contribution < -0.4 is 0 Å². The van der Waals surface area contributed by atoms with Crippen LogP contribution in [0.25, 0.3) is 0 Å². The second-order valence-electron chi connectivity index (χ2n) is 1.84. The van der Waals surface area contributed by atoms with Crippen LogP contribution in [0.3, 0.4) is 0 Å². The van der Waals surface area contributed by atoms with Crippen LogP contribution in [0.5, 0.6) is 0 Å². The molecule has 0 aromatic heterocycles. The standard InChI is InChI=1S/C8H2Cl3/c1-2-5-6(9)3-4-7(10)8(5)11/h3-4H. The van der Waals surface area contributed by atoms with Gasteiger partial charge in [0, 0.05) is 0 Å². The molecule has 0 amide bonds. The first-order valence-corrected chi connectivity index (χ1v) is 3.86. The van der Waals surface area contributed by atoms with Gasteiger partial charge in [-0.15, -0.1) is 0 Å². The summed E-state index contributed by atoms with van der Waals surface area (Å²) in [5, 5.41) is 1.04. The highest BCUT2D eigenvalue weighted by Crippen LogP contribution is 2.30. The smallest absolute Gasteiger partial charge is 0.0764 e. The molecule has 11 heavy (non-hydrogen) atoms. The van der Waals surface area contributed by atoms with Crippen molar-refractivity contribution in [2.75, 3.05) is 0 Å². The van der Waals surface area contributed by atoms with E-state index in [1.807, 2.05) is 0 Å². The maximum atomic E-state index is 6.84. The Morgan fingerprint density at radius 1 is 1.09 bits per heavy atom. The van der Waals surface area contributed by atoms with Gasteiger partial charge in [-0.3, -0.25) is 0 Å². The largest absolute Gasteiger partial charge is 0.0829 e. The van der Waals surface area contributed by atoms with Gasteiger partial charge in [0.25, 0.3) is 0 Å². The molecule has 0 spiro atoms. The van der Waals surface area contributed by atoms with E-state index in [-0.39, 0.29) is 5.02 Å². The Morgan fingerprint density at radius 2 is 1.64 bits per heavy atom. The Labute approximate surface area is 80.1 Å². The predicted octanol–water partition coefficient (Wildman–Crippen LogP) is 3.58. The molecule has 0 heterocycles. The van der Waals surface area contributed by atoms with Crippen LogP contribution in [-0.4, -0.2) is 0 Å². The van der Waals surface area contributed by atoms with Crippen molar-refractivity contribution in [1.82, 2.24) is 0 Å². The Bertz CT molecular complexity index is 323. The summed E-state index contributed by atoms with van der Waals surface area (Å²) in [5.41, 5.74) is 0.334. The number of benzene rings is 1. The van der Waals surface area contributed by atoms with Crippen molar-refractivity contribution in [3.05, 3.63) is 39.2 Å². The minimum atomic E-state index is 0.272. The van der Waals surface area contributed by atoms with E-state index < -0.39 is 0 Å². The van der Waals surface area contributed by atoms with E-state index in [9.17, 15) is 0 Å². The first-order chi connectivity index (χ1) is 5.16. The molecule has 0 aliphatic rings. The van der Waals surface area contributed by atoms with Gasteiger partial charge in [-0.2, -0.15) is 0 Å². The van der Waals surface area contributed by atoms with E-state index in [1.165, 1.54) is 0 Å². The predicted molar refractivity (Wildman–Crippen MR) is 47.7 cm³/mol. The second kappa shape index (κ2) is 3.36. The van der Waals surface area contributed by atoms with Crippen LogP contribution in [0.1, 0.15) is 5.56 Å². The maximum absolute atomic E-state index is 6.84. The number of halogens is 3. The lowest BCUT2D eigenvalue weighted by molar-refractivity contribution is 1.64. The molecule has 0 unspecified atom stereocenters. The normalized spacial score (nSPS) is 9.27. The Kier molecular flexibility index (Phi) is 2.67. The third kappa shape index (κ3) is 1.62. The van der Waals surface area contributed by atoms with Crippen LogP contribution in [0.4, 0.5) is 0 Å². The van der Waals surface area contributed by atoms with Crippen molar-refractivity contribution in [2.45, 2.75) is 0 Å². The summed E-state index contributed by atoms with van der Waals surface area (Å²) in [6, 6.07) is 3.15. The van der Waals surface area contributed by atoms with Crippen LogP contribution in [0.2, 0.25) is 15.1 Å². The molecule has 0 atom stereocenters. The lowest BCUT2D eigenvalue weighted by atomic mass is 10.2. The van der Waals surface area contributed by atoms with E-state index >= 15 is 0 Å². The molecule has 0 aliphatic carbocycles. The van der Waals surface area contributed by atoms with E-state index in [4.69, 9.17) is 41.2 Å². The van der Waals surface area contributed by atoms with E-state index in [2.05, 4.69) is 5.92 Å². The van der Waals surface area contributed by atoms with E-state index in [0.717, 1.165) is 0 Å². The second-order valence-corrected chi connectivity index (χ2v) is 3.04. The Morgan fingerprint density at radius 3 is 2.09 bits per heavy atom. The monoisotopic (exact) mass is 203 g/mol. The van der Waals surface area contributed by atoms with Gasteiger partial charge < -0.3 is 0 Å². The van der Waals surface area contributed by atoms with Crippen molar-refractivity contribution < 1.29 is 0 Å². The van der Waals surface area contributed by atoms with E-state index in [1.54, 1.807) is 12.1 Å². The molecule has 0 nitrogen and oxygen atoms in total. The van der Waals surface area contributed by atoms with Crippen molar-refractivity contribution in [3.8, 4) is 5.92 Å². The van der Waals surface area contributed by atoms with Gasteiger partial charge in [0.1, 0.15) is 0 Å². The Balaban J connectivity index is 3.44. The summed E-state index contributed by atoms with van der Waals surface area (Å²) in [6.45, 7) is 0. The molecule has 0 N–H and O–H groups in total. The van der Waals surface area contributed by atoms with Crippen LogP contribution in [0, 0.1) is 12.3 Å². The fourth-order valence-electron chi connectivity index (χ4n) is 0.642. The fraction of sp³-hybridized carbons (Fsp3) is 0. The first kappa shape index (κ1) is 8.74. The van der Waals surface area contributed by atoms with E-state index in [0.29, 0.717) is 15.6 Å². The number of hydrogen-bond acceptors (Lipinski definition) is 0. The number of rotatable bonds is 0. The molecule has 0 aliphatic heterocycles. The van der Waals surface area contributed by atoms with Gasteiger partial charge >= 0.3 is 0 Å². The minimum Gasteiger partial charge on any atom is -0.0829 e. The summed E-state index contributed by atoms with van der Waals surface area (Å²) in [7, 11) is 0. The fourth-order valence-corrected chi connectivity index (χ4v) is 1.26. The van der Waals surface area contributed by atoms with Gasteiger partial charge in [-0.1, -0.05) is 34.8 Å². The maximum Gasteiger partial charge on any atom is 0.0764 e. The van der Waals surface area contributed by atoms with Gasteiger partial charge in [-0.05, 0) is 24.5 Å². The molecule has 0 bridgehead atoms. The molecule has 0 saturated carbocycles. The quantitative estimate of drug-likeness (QED) is 0.448. The molecule has 0 fully saturated rings. The minimum absolute atomic E-state index is 0.272. The molecular formula is C8H2Cl3. The first-order valence-electron chi connectivity index (χ1n) is 2.73. The molecule has 1 aromatic rings. The lowest BCUT2D eigenvalue weighted by Crippen LogP contribution is -1.79. The molecule has 1 aromatic carbocycles. The van der Waals surface area contributed by atoms with Crippen molar-refractivity contribution in [1.29, 1.82) is 0 Å². The highest BCUT2D eigenvalue weighted by Gasteiger charge is 2.05. The highest BCUT2D eigenvalue weighted by atomic mass is 35.5. The number of hydrogen-bond donors (Lipinski definition) is 0. The molecular weight excluding hydrogens is 202 g/mol. The van der Waals surface area contributed by atoms with Gasteiger partial charge in [-0.25, -0.2) is 0 Å². The molecule has 0 saturated heterocycles. The molecule has 55 valence electrons. The van der Waals surface area contributed by atoms with Gasteiger partial charge in [0.05, 0.1) is 20.6 Å². The topological polar surface area (TPSA) is 0 Å². The third-order valence-corrected chi connectivity index (χ3v) is 2.29. The summed E-state index contributed by atoms with van der Waals surface area (Å²) in [5.74, 6) is 2.11. The third-order valence-electron chi connectivity index (χ3n) is 1.17. The SMILES string of the molecule is [C]#Cc1c(Cl)ccc(Cl)c1Cl. The highest BCUT2D eigenvalue weighted by molar-refractivity contribution is 6.44. The van der Waals surface area contributed by atoms with Gasteiger partial charge in [0.2, 0.25) is 0 Å². The molecule has 1 rings (SSSR count). The lowest BCUT2D eigenvalue weighted by Gasteiger charge is -1.99. The summed E-state index contributed by atoms with van der Waals surface area (Å²) in [4.78, 5) is 0. The summed E-state index contributed by atoms with van der Waals surface area (Å²) < 4.78 is 0. The van der Waals surface area contributed by atoms with Crippen molar-refractivity contribution in [2.24, 2.45) is 0 Å². The van der Waals surface area contributed by atoms with Gasteiger partial charge in [0.15, 0.2) is 0 Å². The zero-order valence-corrected chi connectivity index (χ0v) is 7.56. The summed E-state index contributed by atoms with van der Waals surface area (Å²) >= 11 is 17.0.